The highest BCUT2D eigenvalue weighted by molar-refractivity contribution is 5.69. The molecule has 100 valence electrons. The van der Waals surface area contributed by atoms with Gasteiger partial charge in [-0.2, -0.15) is 0 Å². The Balaban J connectivity index is 0.000000354. The van der Waals surface area contributed by atoms with E-state index in [1.165, 1.54) is 0 Å². The van der Waals surface area contributed by atoms with Gasteiger partial charge >= 0.3 is 12.1 Å². The number of aliphatic carboxylic acids is 1. The van der Waals surface area contributed by atoms with E-state index >= 15 is 0 Å². The minimum absolute atomic E-state index is 0.181. The van der Waals surface area contributed by atoms with E-state index in [4.69, 9.17) is 5.11 Å². The first kappa shape index (κ1) is 15.7. The molecule has 5 heteroatoms. The summed E-state index contributed by atoms with van der Waals surface area (Å²) in [4.78, 5) is 20.3. The zero-order valence-electron chi connectivity index (χ0n) is 10.8. The average molecular weight is 246 g/mol. The molecule has 1 aliphatic heterocycles. The summed E-state index contributed by atoms with van der Waals surface area (Å²) in [5.41, 5.74) is 0. The molecule has 1 aliphatic rings. The van der Waals surface area contributed by atoms with Crippen LogP contribution in [0.2, 0.25) is 0 Å². The van der Waals surface area contributed by atoms with Gasteiger partial charge < -0.3 is 14.6 Å². The maximum Gasteiger partial charge on any atom is 0.508 e. The largest absolute Gasteiger partial charge is 0.508 e. The topological polar surface area (TPSA) is 72.8 Å². The van der Waals surface area contributed by atoms with Gasteiger partial charge in [0.1, 0.15) is 13.2 Å². The molecule has 0 radical (unpaired) electrons. The summed E-state index contributed by atoms with van der Waals surface area (Å²) < 4.78 is 8.58. The fraction of sp³-hybridized carbons (Fsp3) is 0.833. The van der Waals surface area contributed by atoms with Gasteiger partial charge in [0.05, 0.1) is 5.92 Å². The van der Waals surface area contributed by atoms with Gasteiger partial charge in [-0.25, -0.2) is 4.79 Å². The van der Waals surface area contributed by atoms with E-state index in [1.807, 2.05) is 0 Å². The van der Waals surface area contributed by atoms with Crippen molar-refractivity contribution < 1.29 is 24.2 Å². The zero-order valence-corrected chi connectivity index (χ0v) is 10.8. The Morgan fingerprint density at radius 2 is 1.76 bits per heavy atom. The minimum atomic E-state index is -0.670. The van der Waals surface area contributed by atoms with Gasteiger partial charge in [0.15, 0.2) is 0 Å². The van der Waals surface area contributed by atoms with Crippen molar-refractivity contribution in [1.29, 1.82) is 0 Å². The number of carbonyl (C=O) groups is 2. The molecule has 17 heavy (non-hydrogen) atoms. The number of carboxylic acids is 1. The first-order valence-corrected chi connectivity index (χ1v) is 6.03. The van der Waals surface area contributed by atoms with Crippen molar-refractivity contribution in [2.45, 2.75) is 40.0 Å². The molecule has 1 saturated heterocycles. The van der Waals surface area contributed by atoms with E-state index in [1.54, 1.807) is 6.92 Å². The van der Waals surface area contributed by atoms with Crippen molar-refractivity contribution in [3.63, 3.8) is 0 Å². The Kier molecular flexibility index (Phi) is 8.19. The van der Waals surface area contributed by atoms with Crippen molar-refractivity contribution in [3.05, 3.63) is 0 Å². The van der Waals surface area contributed by atoms with Gasteiger partial charge in [-0.3, -0.25) is 4.79 Å². The lowest BCUT2D eigenvalue weighted by atomic mass is 9.92. The van der Waals surface area contributed by atoms with Crippen molar-refractivity contribution in [2.75, 3.05) is 13.2 Å². The first-order valence-electron chi connectivity index (χ1n) is 6.03. The van der Waals surface area contributed by atoms with Gasteiger partial charge in [0, 0.05) is 0 Å². The molecule has 1 atom stereocenters. The van der Waals surface area contributed by atoms with Crippen LogP contribution >= 0.6 is 0 Å². The summed E-state index contributed by atoms with van der Waals surface area (Å²) in [5.74, 6) is -0.266. The quantitative estimate of drug-likeness (QED) is 0.755. The summed E-state index contributed by atoms with van der Waals surface area (Å²) in [7, 11) is 0. The highest BCUT2D eigenvalue weighted by atomic mass is 16.8. The fourth-order valence-corrected chi connectivity index (χ4v) is 1.51. The van der Waals surface area contributed by atoms with E-state index in [0.29, 0.717) is 19.1 Å². The van der Waals surface area contributed by atoms with Crippen LogP contribution in [0.3, 0.4) is 0 Å². The maximum absolute atomic E-state index is 10.5. The number of cyclic esters (lactones) is 2. The molecule has 0 spiro atoms. The van der Waals surface area contributed by atoms with Crippen LogP contribution in [0.1, 0.15) is 40.0 Å². The molecule has 0 aliphatic carbocycles. The number of rotatable bonds is 5. The summed E-state index contributed by atoms with van der Waals surface area (Å²) in [6.45, 7) is 6.84. The third-order valence-corrected chi connectivity index (χ3v) is 2.79. The number of ether oxygens (including phenoxy) is 2. The molecule has 0 saturated carbocycles. The predicted molar refractivity (Wildman–Crippen MR) is 62.8 cm³/mol. The standard InChI is InChI=1S/C9H18O2.C3H4O3/c1-4-8(5-2)6-7(3)9(10)11;4-3-5-1-2-6-3/h7-8H,4-6H2,1-3H3,(H,10,11);1-2H2. The third-order valence-electron chi connectivity index (χ3n) is 2.79. The Labute approximate surface area is 102 Å². The van der Waals surface area contributed by atoms with Crippen molar-refractivity contribution >= 4 is 12.1 Å². The molecule has 0 aromatic carbocycles. The summed E-state index contributed by atoms with van der Waals surface area (Å²) in [6.07, 6.45) is 2.46. The molecule has 0 aromatic heterocycles. The van der Waals surface area contributed by atoms with Crippen LogP contribution in [0.4, 0.5) is 4.79 Å². The second-order valence-corrected chi connectivity index (χ2v) is 4.10. The molecule has 0 aromatic rings. The van der Waals surface area contributed by atoms with Crippen molar-refractivity contribution in [1.82, 2.24) is 0 Å². The third kappa shape index (κ3) is 7.60. The fourth-order valence-electron chi connectivity index (χ4n) is 1.51. The lowest BCUT2D eigenvalue weighted by Crippen LogP contribution is -2.13. The maximum atomic E-state index is 10.5. The molecule has 1 fully saturated rings. The number of carbonyl (C=O) groups excluding carboxylic acids is 1. The monoisotopic (exact) mass is 246 g/mol. The van der Waals surface area contributed by atoms with Gasteiger partial charge in [0.2, 0.25) is 0 Å². The van der Waals surface area contributed by atoms with Crippen LogP contribution in [0.5, 0.6) is 0 Å². The van der Waals surface area contributed by atoms with E-state index in [2.05, 4.69) is 23.3 Å². The number of hydrogen-bond acceptors (Lipinski definition) is 4. The minimum Gasteiger partial charge on any atom is -0.481 e. The van der Waals surface area contributed by atoms with Crippen LogP contribution in [0.25, 0.3) is 0 Å². The number of carboxylic acid groups (broad SMARTS) is 1. The van der Waals surface area contributed by atoms with Crippen LogP contribution in [-0.2, 0) is 14.3 Å². The molecule has 1 unspecified atom stereocenters. The molecule has 1 N–H and O–H groups in total. The highest BCUT2D eigenvalue weighted by Crippen LogP contribution is 2.18. The lowest BCUT2D eigenvalue weighted by Gasteiger charge is -2.14. The number of hydrogen-bond donors (Lipinski definition) is 1. The van der Waals surface area contributed by atoms with E-state index < -0.39 is 12.1 Å². The first-order chi connectivity index (χ1) is 8.01. The van der Waals surface area contributed by atoms with Crippen LogP contribution in [-0.4, -0.2) is 30.4 Å². The Morgan fingerprint density at radius 1 is 1.29 bits per heavy atom. The van der Waals surface area contributed by atoms with E-state index in [9.17, 15) is 9.59 Å². The molecule has 0 bridgehead atoms. The zero-order chi connectivity index (χ0) is 13.3. The SMILES string of the molecule is CCC(CC)CC(C)C(=O)O.O=C1OCCO1. The normalized spacial score (nSPS) is 15.6. The Morgan fingerprint density at radius 3 is 2.00 bits per heavy atom. The van der Waals surface area contributed by atoms with Gasteiger partial charge in [-0.05, 0) is 12.3 Å². The second kappa shape index (κ2) is 8.84. The summed E-state index contributed by atoms with van der Waals surface area (Å²) >= 11 is 0. The molecule has 1 rings (SSSR count). The predicted octanol–water partition coefficient (Wildman–Crippen LogP) is 2.69. The van der Waals surface area contributed by atoms with Crippen molar-refractivity contribution in [2.24, 2.45) is 11.8 Å². The average Bonchev–Trinajstić information content (AvgIpc) is 2.77. The molecular formula is C12H22O5. The Hall–Kier alpha value is -1.26. The summed E-state index contributed by atoms with van der Waals surface area (Å²) in [5, 5.41) is 8.62. The van der Waals surface area contributed by atoms with Crippen LogP contribution in [0.15, 0.2) is 0 Å². The second-order valence-electron chi connectivity index (χ2n) is 4.10. The highest BCUT2D eigenvalue weighted by Gasteiger charge is 2.15. The van der Waals surface area contributed by atoms with Crippen LogP contribution < -0.4 is 0 Å². The molecule has 1 heterocycles. The van der Waals surface area contributed by atoms with E-state index in [-0.39, 0.29) is 5.92 Å². The lowest BCUT2D eigenvalue weighted by molar-refractivity contribution is -0.141. The summed E-state index contributed by atoms with van der Waals surface area (Å²) in [6, 6.07) is 0. The van der Waals surface area contributed by atoms with E-state index in [0.717, 1.165) is 19.3 Å². The smallest absolute Gasteiger partial charge is 0.481 e. The van der Waals surface area contributed by atoms with Crippen LogP contribution in [0, 0.1) is 11.8 Å². The Bertz CT molecular complexity index is 227. The molecule has 5 nitrogen and oxygen atoms in total. The van der Waals surface area contributed by atoms with Gasteiger partial charge in [0.25, 0.3) is 0 Å². The van der Waals surface area contributed by atoms with Gasteiger partial charge in [-0.15, -0.1) is 0 Å². The molecular weight excluding hydrogens is 224 g/mol. The van der Waals surface area contributed by atoms with Gasteiger partial charge in [-0.1, -0.05) is 33.6 Å². The van der Waals surface area contributed by atoms with Crippen molar-refractivity contribution in [3.8, 4) is 0 Å². The molecule has 0 amide bonds.